The quantitative estimate of drug-likeness (QED) is 0.191. The summed E-state index contributed by atoms with van der Waals surface area (Å²) in [4.78, 5) is 22.4. The third-order valence-corrected chi connectivity index (χ3v) is 6.98. The van der Waals surface area contributed by atoms with Gasteiger partial charge < -0.3 is 19.9 Å². The Morgan fingerprint density at radius 3 is 2.67 bits per heavy atom. The number of ether oxygens (including phenoxy) is 1. The lowest BCUT2D eigenvalue weighted by Gasteiger charge is -2.34. The van der Waals surface area contributed by atoms with Crippen LogP contribution in [0.3, 0.4) is 0 Å². The first kappa shape index (κ1) is 30.2. The van der Waals surface area contributed by atoms with E-state index in [1.54, 1.807) is 18.3 Å². The number of nitrogens with one attached hydrogen (secondary N) is 1. The van der Waals surface area contributed by atoms with E-state index in [-0.39, 0.29) is 17.9 Å². The highest BCUT2D eigenvalue weighted by Gasteiger charge is 2.34. The molecule has 11 heteroatoms. The SMILES string of the molecule is CCC1CC[NH+](Cc2noc(-c3nccs3)n2)C[C@@H]1OC(=O)Cc1ccccc1.CCl.Nc1cccc(F)c1. The number of carbonyl (C=O) groups excluding carboxylic acids is 1. The third kappa shape index (κ3) is 9.72. The van der Waals surface area contributed by atoms with Crippen molar-refractivity contribution in [1.29, 1.82) is 0 Å². The second-order valence-corrected chi connectivity index (χ2v) is 9.83. The number of piperidine rings is 1. The maximum atomic E-state index is 12.5. The molecular weight excluding hydrogens is 541 g/mol. The van der Waals surface area contributed by atoms with E-state index in [4.69, 9.17) is 15.0 Å². The Morgan fingerprint density at radius 1 is 1.23 bits per heavy atom. The van der Waals surface area contributed by atoms with Gasteiger partial charge in [0.1, 0.15) is 18.9 Å². The number of esters is 1. The molecule has 3 heterocycles. The van der Waals surface area contributed by atoms with E-state index in [0.717, 1.165) is 36.5 Å². The Bertz CT molecular complexity index is 1240. The zero-order valence-corrected chi connectivity index (χ0v) is 23.6. The Morgan fingerprint density at radius 2 is 2.03 bits per heavy atom. The molecule has 2 aromatic carbocycles. The van der Waals surface area contributed by atoms with Crippen LogP contribution in [0, 0.1) is 11.7 Å². The molecule has 3 atom stereocenters. The Kier molecular flexibility index (Phi) is 12.3. The summed E-state index contributed by atoms with van der Waals surface area (Å²) in [6, 6.07) is 15.6. The normalized spacial score (nSPS) is 18.2. The Hall–Kier alpha value is -3.34. The number of nitrogen functional groups attached to an aromatic ring is 1. The maximum absolute atomic E-state index is 12.5. The number of nitrogens with zero attached hydrogens (tertiary/aromatic N) is 3. The third-order valence-electron chi connectivity index (χ3n) is 6.22. The summed E-state index contributed by atoms with van der Waals surface area (Å²) in [5.41, 5.74) is 6.66. The molecule has 8 nitrogen and oxygen atoms in total. The second-order valence-electron chi connectivity index (χ2n) is 8.94. The fourth-order valence-corrected chi connectivity index (χ4v) is 4.90. The highest BCUT2D eigenvalue weighted by molar-refractivity contribution is 7.12. The topological polar surface area (TPSA) is 109 Å². The summed E-state index contributed by atoms with van der Waals surface area (Å²) in [5, 5.41) is 6.72. The van der Waals surface area contributed by atoms with Gasteiger partial charge in [-0.25, -0.2) is 9.37 Å². The average Bonchev–Trinajstić information content (AvgIpc) is 3.63. The average molecular weight is 575 g/mol. The molecule has 1 fully saturated rings. The first-order valence-corrected chi connectivity index (χ1v) is 14.3. The van der Waals surface area contributed by atoms with Crippen molar-refractivity contribution in [2.45, 2.75) is 38.8 Å². The van der Waals surface area contributed by atoms with Gasteiger partial charge in [-0.05, 0) is 30.2 Å². The van der Waals surface area contributed by atoms with Gasteiger partial charge >= 0.3 is 5.97 Å². The number of carbonyl (C=O) groups is 1. The number of rotatable bonds is 7. The van der Waals surface area contributed by atoms with Gasteiger partial charge in [0.15, 0.2) is 11.1 Å². The fourth-order valence-electron chi connectivity index (χ4n) is 4.34. The summed E-state index contributed by atoms with van der Waals surface area (Å²) in [7, 11) is 0. The van der Waals surface area contributed by atoms with Gasteiger partial charge in [0.05, 0.1) is 13.0 Å². The smallest absolute Gasteiger partial charge is 0.310 e. The number of nitrogens with two attached hydrogens (primary N) is 1. The highest BCUT2D eigenvalue weighted by atomic mass is 35.5. The predicted octanol–water partition coefficient (Wildman–Crippen LogP) is 4.43. The fraction of sp³-hybridized carbons (Fsp3) is 0.357. The molecule has 0 radical (unpaired) electrons. The van der Waals surface area contributed by atoms with E-state index in [2.05, 4.69) is 33.6 Å². The Balaban J connectivity index is 0.000000357. The zero-order valence-electron chi connectivity index (χ0n) is 22.1. The van der Waals surface area contributed by atoms with E-state index < -0.39 is 0 Å². The van der Waals surface area contributed by atoms with E-state index >= 15 is 0 Å². The van der Waals surface area contributed by atoms with Crippen molar-refractivity contribution in [3.8, 4) is 10.9 Å². The van der Waals surface area contributed by atoms with Crippen molar-refractivity contribution >= 4 is 34.6 Å². The van der Waals surface area contributed by atoms with Crippen molar-refractivity contribution in [1.82, 2.24) is 15.1 Å². The number of hydrogen-bond acceptors (Lipinski definition) is 8. The number of halogens is 2. The number of thiazole rings is 1. The van der Waals surface area contributed by atoms with Crippen LogP contribution in [0.1, 0.15) is 31.2 Å². The molecule has 0 aliphatic carbocycles. The van der Waals surface area contributed by atoms with Gasteiger partial charge in [0, 0.05) is 36.0 Å². The minimum absolute atomic E-state index is 0.0784. The number of quaternary nitrogens is 1. The van der Waals surface area contributed by atoms with Crippen LogP contribution in [-0.2, 0) is 22.5 Å². The summed E-state index contributed by atoms with van der Waals surface area (Å²) in [5.74, 6) is 1.07. The number of hydrogen-bond donors (Lipinski definition) is 2. The van der Waals surface area contributed by atoms with Crippen molar-refractivity contribution in [2.24, 2.45) is 5.92 Å². The van der Waals surface area contributed by atoms with Crippen LogP contribution in [0.5, 0.6) is 0 Å². The van der Waals surface area contributed by atoms with E-state index in [1.165, 1.54) is 34.8 Å². The molecule has 5 rings (SSSR count). The van der Waals surface area contributed by atoms with Crippen LogP contribution >= 0.6 is 22.9 Å². The number of alkyl halides is 1. The summed E-state index contributed by atoms with van der Waals surface area (Å²) in [6.07, 6.45) is 5.45. The molecule has 0 amide bonds. The molecule has 3 N–H and O–H groups in total. The largest absolute Gasteiger partial charge is 0.456 e. The highest BCUT2D eigenvalue weighted by Crippen LogP contribution is 2.20. The lowest BCUT2D eigenvalue weighted by atomic mass is 9.91. The molecule has 0 bridgehead atoms. The van der Waals surface area contributed by atoms with Crippen molar-refractivity contribution in [3.05, 3.63) is 83.4 Å². The zero-order chi connectivity index (χ0) is 28.0. The molecule has 39 heavy (non-hydrogen) atoms. The minimum atomic E-state index is -0.287. The van der Waals surface area contributed by atoms with Crippen LogP contribution in [0.15, 0.2) is 70.7 Å². The van der Waals surface area contributed by atoms with E-state index in [9.17, 15) is 9.18 Å². The second kappa shape index (κ2) is 15.9. The van der Waals surface area contributed by atoms with Gasteiger partial charge in [0.2, 0.25) is 5.82 Å². The molecule has 1 aliphatic rings. The van der Waals surface area contributed by atoms with Crippen LogP contribution in [0.4, 0.5) is 10.1 Å². The standard InChI is InChI=1S/C21H24N4O3S.C6H6FN.CH3Cl/c1-2-16-8-10-25(14-18-23-20(28-24-18)21-22-9-11-29-21)13-17(16)27-19(26)12-15-6-4-3-5-7-15;7-5-2-1-3-6(8)4-5;1-2/h3-7,9,11,16-17H,2,8,10,12-14H2,1H3;1-4H,8H2;1H3/p+1/t16?,17-;;/m0../s1. The number of likely N-dealkylation sites (tertiary alicyclic amines) is 1. The summed E-state index contributed by atoms with van der Waals surface area (Å²) < 4.78 is 23.3. The Labute approximate surface area is 237 Å². The number of aromatic nitrogens is 3. The molecule has 2 aromatic heterocycles. The maximum Gasteiger partial charge on any atom is 0.310 e. The van der Waals surface area contributed by atoms with Gasteiger partial charge in [0.25, 0.3) is 5.89 Å². The van der Waals surface area contributed by atoms with Gasteiger partial charge in [-0.2, -0.15) is 4.98 Å². The van der Waals surface area contributed by atoms with Crippen molar-refractivity contribution in [2.75, 3.05) is 25.2 Å². The predicted molar refractivity (Wildman–Crippen MR) is 151 cm³/mol. The monoisotopic (exact) mass is 574 g/mol. The molecule has 1 saturated heterocycles. The van der Waals surface area contributed by atoms with Crippen molar-refractivity contribution < 1.29 is 23.3 Å². The van der Waals surface area contributed by atoms with Crippen LogP contribution in [0.2, 0.25) is 0 Å². The van der Waals surface area contributed by atoms with Crippen LogP contribution < -0.4 is 10.6 Å². The molecule has 1 aliphatic heterocycles. The van der Waals surface area contributed by atoms with Crippen LogP contribution in [0.25, 0.3) is 10.9 Å². The van der Waals surface area contributed by atoms with Crippen LogP contribution in [-0.4, -0.2) is 46.7 Å². The molecule has 0 saturated carbocycles. The summed E-state index contributed by atoms with van der Waals surface area (Å²) >= 11 is 6.11. The first-order valence-electron chi connectivity index (χ1n) is 12.7. The van der Waals surface area contributed by atoms with Gasteiger partial charge in [-0.15, -0.1) is 22.9 Å². The number of anilines is 1. The molecular formula is C28H34ClFN5O3S+. The van der Waals surface area contributed by atoms with Crippen molar-refractivity contribution in [3.63, 3.8) is 0 Å². The van der Waals surface area contributed by atoms with Gasteiger partial charge in [-0.3, -0.25) is 4.79 Å². The van der Waals surface area contributed by atoms with E-state index in [1.807, 2.05) is 35.7 Å². The minimum Gasteiger partial charge on any atom is -0.456 e. The molecule has 4 aromatic rings. The molecule has 208 valence electrons. The molecule has 2 unspecified atom stereocenters. The number of benzene rings is 2. The lowest BCUT2D eigenvalue weighted by Crippen LogP contribution is -3.13. The van der Waals surface area contributed by atoms with E-state index in [0.29, 0.717) is 36.3 Å². The summed E-state index contributed by atoms with van der Waals surface area (Å²) in [6.45, 7) is 4.58. The first-order chi connectivity index (χ1) is 19.0. The van der Waals surface area contributed by atoms with Gasteiger partial charge in [-0.1, -0.05) is 48.5 Å². The lowest BCUT2D eigenvalue weighted by molar-refractivity contribution is -0.923. The molecule has 0 spiro atoms.